The van der Waals surface area contributed by atoms with Gasteiger partial charge < -0.3 is 27.9 Å². The fourth-order valence-corrected chi connectivity index (χ4v) is 4.76. The highest BCUT2D eigenvalue weighted by Crippen LogP contribution is 2.34. The summed E-state index contributed by atoms with van der Waals surface area (Å²) >= 11 is 0. The maximum atomic E-state index is 12.3. The predicted octanol–water partition coefficient (Wildman–Crippen LogP) is 8.47. The zero-order valence-electron chi connectivity index (χ0n) is 30.3. The summed E-state index contributed by atoms with van der Waals surface area (Å²) in [5, 5.41) is 10.8. The average Bonchev–Trinajstić information content (AvgIpc) is 3.18. The lowest BCUT2D eigenvalue weighted by atomic mass is 9.72. The van der Waals surface area contributed by atoms with E-state index in [1.54, 1.807) is 19.9 Å². The molecule has 1 aliphatic carbocycles. The summed E-state index contributed by atoms with van der Waals surface area (Å²) in [6.07, 6.45) is 11.6. The first-order valence-corrected chi connectivity index (χ1v) is 16.4. The normalized spacial score (nSPS) is 14.7. The maximum Gasteiger partial charge on any atom is 0.224 e. The van der Waals surface area contributed by atoms with Crippen LogP contribution >= 0.6 is 0 Å². The molecule has 2 rings (SSSR count). The van der Waals surface area contributed by atoms with Crippen LogP contribution in [-0.4, -0.2) is 29.8 Å². The second-order valence-electron chi connectivity index (χ2n) is 13.4. The minimum Gasteiger partial charge on any atom is -0.405 e. The molecule has 8 heteroatoms. The Morgan fingerprint density at radius 2 is 1.42 bits per heavy atom. The molecule has 0 spiro atoms. The van der Waals surface area contributed by atoms with Gasteiger partial charge in [0.1, 0.15) is 0 Å². The Morgan fingerprint density at radius 1 is 0.956 bits per heavy atom. The van der Waals surface area contributed by atoms with Gasteiger partial charge in [0.15, 0.2) is 0 Å². The Hall–Kier alpha value is -3.42. The number of amides is 2. The molecule has 45 heavy (non-hydrogen) atoms. The monoisotopic (exact) mass is 627 g/mol. The third-order valence-corrected chi connectivity index (χ3v) is 8.45. The first kappa shape index (κ1) is 43.7. The number of carbonyl (C=O) groups is 2. The Bertz CT molecular complexity index is 1060. The largest absolute Gasteiger partial charge is 0.405 e. The average molecular weight is 627 g/mol. The number of aliphatic imine (C=N–C) groups is 1. The van der Waals surface area contributed by atoms with E-state index in [2.05, 4.69) is 57.6 Å². The molecule has 0 aromatic heterocycles. The molecule has 0 heterocycles. The number of hydrogen-bond acceptors (Lipinski definition) is 6. The molecular formula is C37H66N6O2. The van der Waals surface area contributed by atoms with Gasteiger partial charge in [-0.2, -0.15) is 0 Å². The number of carbonyl (C=O) groups excluding carboxylic acids is 2. The van der Waals surface area contributed by atoms with Crippen molar-refractivity contribution in [2.45, 2.75) is 127 Å². The van der Waals surface area contributed by atoms with Crippen LogP contribution in [0.5, 0.6) is 0 Å². The van der Waals surface area contributed by atoms with Gasteiger partial charge in [0.05, 0.1) is 0 Å². The molecule has 256 valence electrons. The molecule has 8 N–H and O–H groups in total. The number of anilines is 1. The highest BCUT2D eigenvalue weighted by Gasteiger charge is 2.25. The van der Waals surface area contributed by atoms with Crippen LogP contribution in [0, 0.1) is 28.6 Å². The molecular weight excluding hydrogens is 560 g/mol. The summed E-state index contributed by atoms with van der Waals surface area (Å²) in [6, 6.07) is 7.94. The molecule has 1 fully saturated rings. The lowest BCUT2D eigenvalue weighted by Crippen LogP contribution is -2.25. The van der Waals surface area contributed by atoms with Gasteiger partial charge in [-0.3, -0.25) is 14.6 Å². The molecule has 0 radical (unpaired) electrons. The van der Waals surface area contributed by atoms with Crippen LogP contribution in [0.25, 0.3) is 5.57 Å². The van der Waals surface area contributed by atoms with Crippen LogP contribution in [0.4, 0.5) is 5.69 Å². The van der Waals surface area contributed by atoms with Crippen molar-refractivity contribution in [3.05, 3.63) is 47.8 Å². The van der Waals surface area contributed by atoms with Crippen molar-refractivity contribution in [1.82, 2.24) is 0 Å². The fourth-order valence-electron chi connectivity index (χ4n) is 4.76. The zero-order chi connectivity index (χ0) is 35.2. The summed E-state index contributed by atoms with van der Waals surface area (Å²) in [5.41, 5.74) is 20.2. The van der Waals surface area contributed by atoms with Crippen LogP contribution in [-0.2, 0) is 9.59 Å². The van der Waals surface area contributed by atoms with E-state index in [1.165, 1.54) is 44.7 Å². The SMILES string of the molecule is CC(/C=C\N)=NC(C)C.CC(=N)/C(=C(/C)N)c1ccc(NC(=O)CC2CCCCCC2)cc1.CC(C)C(C)(C)C(C)C.NC=O. The van der Waals surface area contributed by atoms with Gasteiger partial charge in [0.25, 0.3) is 0 Å². The number of rotatable bonds is 9. The quantitative estimate of drug-likeness (QED) is 0.106. The second-order valence-corrected chi connectivity index (χ2v) is 13.4. The van der Waals surface area contributed by atoms with Crippen molar-refractivity contribution in [2.75, 3.05) is 5.32 Å². The number of allylic oxidation sites excluding steroid dienone is 3. The molecule has 0 bridgehead atoms. The third-order valence-electron chi connectivity index (χ3n) is 8.45. The fraction of sp³-hybridized carbons (Fsp3) is 0.622. The van der Waals surface area contributed by atoms with Gasteiger partial charge in [0.2, 0.25) is 12.3 Å². The third kappa shape index (κ3) is 20.3. The zero-order valence-corrected chi connectivity index (χ0v) is 30.3. The van der Waals surface area contributed by atoms with Crippen LogP contribution in [0.15, 0.2) is 47.2 Å². The summed E-state index contributed by atoms with van der Waals surface area (Å²) in [7, 11) is 0. The van der Waals surface area contributed by atoms with E-state index in [0.717, 1.165) is 34.4 Å². The van der Waals surface area contributed by atoms with Crippen LogP contribution in [0.2, 0.25) is 0 Å². The number of nitrogens with two attached hydrogens (primary N) is 3. The molecule has 0 atom stereocenters. The molecule has 1 saturated carbocycles. The van der Waals surface area contributed by atoms with Crippen molar-refractivity contribution < 1.29 is 9.59 Å². The van der Waals surface area contributed by atoms with Crippen LogP contribution in [0.3, 0.4) is 0 Å². The Balaban J connectivity index is 0. The predicted molar refractivity (Wildman–Crippen MR) is 196 cm³/mol. The van der Waals surface area contributed by atoms with Gasteiger partial charge in [-0.25, -0.2) is 0 Å². The van der Waals surface area contributed by atoms with E-state index < -0.39 is 0 Å². The van der Waals surface area contributed by atoms with Gasteiger partial charge in [0, 0.05) is 40.8 Å². The Kier molecular flexibility index (Phi) is 23.2. The molecule has 1 aromatic rings. The molecule has 0 unspecified atom stereocenters. The summed E-state index contributed by atoms with van der Waals surface area (Å²) < 4.78 is 0. The highest BCUT2D eigenvalue weighted by atomic mass is 16.1. The van der Waals surface area contributed by atoms with Crippen molar-refractivity contribution in [2.24, 2.45) is 45.4 Å². The van der Waals surface area contributed by atoms with Gasteiger partial charge in [-0.1, -0.05) is 79.4 Å². The molecule has 0 aliphatic heterocycles. The smallest absolute Gasteiger partial charge is 0.224 e. The second kappa shape index (κ2) is 23.9. The number of benzene rings is 1. The van der Waals surface area contributed by atoms with E-state index in [1.807, 2.05) is 45.0 Å². The number of hydrogen-bond donors (Lipinski definition) is 5. The van der Waals surface area contributed by atoms with Gasteiger partial charge in [-0.05, 0) is 101 Å². The Morgan fingerprint density at radius 3 is 1.76 bits per heavy atom. The summed E-state index contributed by atoms with van der Waals surface area (Å²) in [5.74, 6) is 2.21. The van der Waals surface area contributed by atoms with Crippen molar-refractivity contribution in [3.8, 4) is 0 Å². The lowest BCUT2D eigenvalue weighted by molar-refractivity contribution is -0.117. The molecule has 1 aliphatic rings. The standard InChI is InChI=1S/C20H29N3O.C9H20.C7H14N2.CH3NO/c1-14(21)20(15(2)22)17-9-11-18(12-10-17)23-19(24)13-16-7-5-3-4-6-8-16;1-7(2)9(5,6)8(3)4;1-6(2)9-7(3)4-5-8;2-1-3/h9-12,16,21H,3-8,13,22H2,1-2H3,(H,23,24);7-8H,1-6H3;4-6H,8H2,1-3H3;1H,(H2,2,3)/b20-15+,21-14?;;5-4-,9-7?;. The topological polar surface area (TPSA) is 160 Å². The van der Waals surface area contributed by atoms with E-state index in [-0.39, 0.29) is 12.3 Å². The minimum absolute atomic E-state index is 0.101. The van der Waals surface area contributed by atoms with E-state index in [9.17, 15) is 4.79 Å². The minimum atomic E-state index is 0.101. The van der Waals surface area contributed by atoms with Crippen LogP contribution < -0.4 is 22.5 Å². The molecule has 8 nitrogen and oxygen atoms in total. The summed E-state index contributed by atoms with van der Waals surface area (Å²) in [6.45, 7) is 23.4. The first-order valence-electron chi connectivity index (χ1n) is 16.4. The highest BCUT2D eigenvalue weighted by molar-refractivity contribution is 6.21. The van der Waals surface area contributed by atoms with Gasteiger partial charge in [-0.15, -0.1) is 0 Å². The first-order chi connectivity index (χ1) is 20.9. The van der Waals surface area contributed by atoms with E-state index in [4.69, 9.17) is 21.7 Å². The Labute approximate surface area is 275 Å². The van der Waals surface area contributed by atoms with Crippen molar-refractivity contribution in [1.29, 1.82) is 5.41 Å². The van der Waals surface area contributed by atoms with Crippen LogP contribution in [0.1, 0.15) is 127 Å². The molecule has 1 aromatic carbocycles. The lowest BCUT2D eigenvalue weighted by Gasteiger charge is -2.33. The number of primary amides is 1. The van der Waals surface area contributed by atoms with E-state index in [0.29, 0.717) is 35.2 Å². The van der Waals surface area contributed by atoms with Gasteiger partial charge >= 0.3 is 0 Å². The van der Waals surface area contributed by atoms with Crippen molar-refractivity contribution in [3.63, 3.8) is 0 Å². The number of nitrogens with zero attached hydrogens (tertiary/aromatic N) is 1. The molecule has 0 saturated heterocycles. The van der Waals surface area contributed by atoms with Crippen molar-refractivity contribution >= 4 is 35.0 Å². The molecule has 2 amide bonds. The summed E-state index contributed by atoms with van der Waals surface area (Å²) in [4.78, 5) is 25.1. The number of nitrogens with one attached hydrogen (secondary N) is 2. The maximum absolute atomic E-state index is 12.3. The van der Waals surface area contributed by atoms with E-state index >= 15 is 0 Å².